The highest BCUT2D eigenvalue weighted by Gasteiger charge is 2.23. The maximum atomic E-state index is 12.0. The lowest BCUT2D eigenvalue weighted by Crippen LogP contribution is -2.32. The van der Waals surface area contributed by atoms with Gasteiger partial charge in [-0.25, -0.2) is 0 Å². The van der Waals surface area contributed by atoms with Crippen LogP contribution in [0.1, 0.15) is 12.0 Å². The van der Waals surface area contributed by atoms with E-state index in [2.05, 4.69) is 0 Å². The van der Waals surface area contributed by atoms with Crippen LogP contribution >= 0.6 is 12.4 Å². The van der Waals surface area contributed by atoms with E-state index in [4.69, 9.17) is 10.5 Å². The van der Waals surface area contributed by atoms with Gasteiger partial charge in [0.1, 0.15) is 5.75 Å². The normalized spacial score (nSPS) is 18.3. The Hall–Kier alpha value is -1.26. The number of nitrogens with zero attached hydrogens (tertiary/aromatic N) is 1. The van der Waals surface area contributed by atoms with E-state index in [9.17, 15) is 4.79 Å². The van der Waals surface area contributed by atoms with E-state index < -0.39 is 0 Å². The summed E-state index contributed by atoms with van der Waals surface area (Å²) in [6.45, 7) is 1.45. The Balaban J connectivity index is 0.00000162. The third-order valence-corrected chi connectivity index (χ3v) is 3.11. The van der Waals surface area contributed by atoms with Crippen LogP contribution in [0.4, 0.5) is 0 Å². The second kappa shape index (κ2) is 6.61. The third kappa shape index (κ3) is 3.37. The molecular weight excluding hydrogens is 252 g/mol. The number of carbonyl (C=O) groups is 1. The number of nitrogens with two attached hydrogens (primary N) is 1. The molecule has 4 nitrogen and oxygen atoms in total. The van der Waals surface area contributed by atoms with Crippen LogP contribution in [0.3, 0.4) is 0 Å². The minimum absolute atomic E-state index is 0. The molecule has 1 fully saturated rings. The Kier molecular flexibility index (Phi) is 5.44. The van der Waals surface area contributed by atoms with Gasteiger partial charge in [0.2, 0.25) is 5.91 Å². The van der Waals surface area contributed by atoms with Crippen LogP contribution in [-0.4, -0.2) is 37.0 Å². The van der Waals surface area contributed by atoms with Crippen molar-refractivity contribution in [2.75, 3.05) is 20.2 Å². The summed E-state index contributed by atoms with van der Waals surface area (Å²) in [5.41, 5.74) is 6.72. The zero-order chi connectivity index (χ0) is 12.3. The van der Waals surface area contributed by atoms with Crippen molar-refractivity contribution in [3.8, 4) is 5.75 Å². The van der Waals surface area contributed by atoms with Crippen molar-refractivity contribution in [3.05, 3.63) is 29.8 Å². The first-order valence-electron chi connectivity index (χ1n) is 5.86. The highest BCUT2D eigenvalue weighted by Crippen LogP contribution is 2.19. The molecule has 1 aromatic carbocycles. The number of benzene rings is 1. The molecule has 5 heteroatoms. The second-order valence-electron chi connectivity index (χ2n) is 4.38. The smallest absolute Gasteiger partial charge is 0.227 e. The summed E-state index contributed by atoms with van der Waals surface area (Å²) in [5, 5.41) is 0. The summed E-state index contributed by atoms with van der Waals surface area (Å²) in [5.74, 6) is 0.895. The van der Waals surface area contributed by atoms with Crippen molar-refractivity contribution in [3.63, 3.8) is 0 Å². The predicted octanol–water partition coefficient (Wildman–Crippen LogP) is 1.22. The fourth-order valence-corrected chi connectivity index (χ4v) is 2.14. The van der Waals surface area contributed by atoms with Gasteiger partial charge in [-0.15, -0.1) is 12.4 Å². The topological polar surface area (TPSA) is 55.6 Å². The van der Waals surface area contributed by atoms with Gasteiger partial charge in [-0.2, -0.15) is 0 Å². The molecule has 2 N–H and O–H groups in total. The number of rotatable bonds is 3. The van der Waals surface area contributed by atoms with Crippen molar-refractivity contribution in [2.45, 2.75) is 18.9 Å². The maximum absolute atomic E-state index is 12.0. The van der Waals surface area contributed by atoms with E-state index in [1.807, 2.05) is 29.2 Å². The standard InChI is InChI=1S/C13H18N2O2.ClH/c1-17-12-5-3-2-4-10(12)8-13(16)15-7-6-11(14)9-15;/h2-5,11H,6-9,14H2,1H3;1H. The van der Waals surface area contributed by atoms with E-state index >= 15 is 0 Å². The molecule has 1 unspecified atom stereocenters. The van der Waals surface area contributed by atoms with Gasteiger partial charge in [-0.05, 0) is 12.5 Å². The minimum Gasteiger partial charge on any atom is -0.496 e. The zero-order valence-electron chi connectivity index (χ0n) is 10.5. The number of halogens is 1. The molecule has 1 aliphatic heterocycles. The van der Waals surface area contributed by atoms with Gasteiger partial charge < -0.3 is 15.4 Å². The second-order valence-corrected chi connectivity index (χ2v) is 4.38. The highest BCUT2D eigenvalue weighted by atomic mass is 35.5. The lowest BCUT2D eigenvalue weighted by Gasteiger charge is -2.16. The molecule has 0 saturated carbocycles. The van der Waals surface area contributed by atoms with Crippen molar-refractivity contribution in [1.82, 2.24) is 4.90 Å². The van der Waals surface area contributed by atoms with Crippen LogP contribution in [0.15, 0.2) is 24.3 Å². The number of amides is 1. The molecule has 18 heavy (non-hydrogen) atoms. The minimum atomic E-state index is 0. The lowest BCUT2D eigenvalue weighted by molar-refractivity contribution is -0.129. The summed E-state index contributed by atoms with van der Waals surface area (Å²) in [7, 11) is 1.62. The van der Waals surface area contributed by atoms with Crippen LogP contribution in [0.25, 0.3) is 0 Å². The number of likely N-dealkylation sites (tertiary alicyclic amines) is 1. The quantitative estimate of drug-likeness (QED) is 0.899. The van der Waals surface area contributed by atoms with Gasteiger partial charge in [0, 0.05) is 24.7 Å². The largest absolute Gasteiger partial charge is 0.496 e. The Morgan fingerprint density at radius 2 is 2.22 bits per heavy atom. The molecule has 1 aliphatic rings. The number of para-hydroxylation sites is 1. The molecule has 0 spiro atoms. The van der Waals surface area contributed by atoms with E-state index in [1.54, 1.807) is 7.11 Å². The third-order valence-electron chi connectivity index (χ3n) is 3.11. The first-order chi connectivity index (χ1) is 8.20. The van der Waals surface area contributed by atoms with Gasteiger partial charge in [0.05, 0.1) is 13.5 Å². The molecule has 1 saturated heterocycles. The monoisotopic (exact) mass is 270 g/mol. The van der Waals surface area contributed by atoms with Gasteiger partial charge in [0.25, 0.3) is 0 Å². The van der Waals surface area contributed by atoms with E-state index in [0.717, 1.165) is 24.3 Å². The van der Waals surface area contributed by atoms with Crippen molar-refractivity contribution >= 4 is 18.3 Å². The summed E-state index contributed by atoms with van der Waals surface area (Å²) >= 11 is 0. The molecule has 0 radical (unpaired) electrons. The van der Waals surface area contributed by atoms with E-state index in [-0.39, 0.29) is 24.4 Å². The average molecular weight is 271 g/mol. The maximum Gasteiger partial charge on any atom is 0.227 e. The van der Waals surface area contributed by atoms with Crippen molar-refractivity contribution < 1.29 is 9.53 Å². The molecule has 1 aromatic rings. The summed E-state index contributed by atoms with van der Waals surface area (Å²) < 4.78 is 5.23. The Morgan fingerprint density at radius 3 is 2.83 bits per heavy atom. The van der Waals surface area contributed by atoms with E-state index in [1.165, 1.54) is 0 Å². The SMILES string of the molecule is COc1ccccc1CC(=O)N1CCC(N)C1.Cl. The van der Waals surface area contributed by atoms with Gasteiger partial charge in [-0.3, -0.25) is 4.79 Å². The van der Waals surface area contributed by atoms with Crippen LogP contribution in [0.2, 0.25) is 0 Å². The summed E-state index contributed by atoms with van der Waals surface area (Å²) in [4.78, 5) is 13.9. The Labute approximate surface area is 114 Å². The fraction of sp³-hybridized carbons (Fsp3) is 0.462. The van der Waals surface area contributed by atoms with Gasteiger partial charge >= 0.3 is 0 Å². The number of carbonyl (C=O) groups excluding carboxylic acids is 1. The summed E-state index contributed by atoms with van der Waals surface area (Å²) in [6, 6.07) is 7.75. The van der Waals surface area contributed by atoms with Crippen LogP contribution < -0.4 is 10.5 Å². The first kappa shape index (κ1) is 14.8. The molecule has 1 atom stereocenters. The Morgan fingerprint density at radius 1 is 1.50 bits per heavy atom. The number of methoxy groups -OCH3 is 1. The first-order valence-corrected chi connectivity index (χ1v) is 5.86. The van der Waals surface area contributed by atoms with Crippen LogP contribution in [0.5, 0.6) is 5.75 Å². The molecule has 0 aromatic heterocycles. The molecule has 100 valence electrons. The number of hydrogen-bond acceptors (Lipinski definition) is 3. The fourth-order valence-electron chi connectivity index (χ4n) is 2.14. The predicted molar refractivity (Wildman–Crippen MR) is 73.1 cm³/mol. The van der Waals surface area contributed by atoms with Crippen LogP contribution in [0, 0.1) is 0 Å². The summed E-state index contributed by atoms with van der Waals surface area (Å²) in [6.07, 6.45) is 1.29. The molecule has 1 amide bonds. The van der Waals surface area contributed by atoms with Crippen molar-refractivity contribution in [1.29, 1.82) is 0 Å². The van der Waals surface area contributed by atoms with Crippen molar-refractivity contribution in [2.24, 2.45) is 5.73 Å². The molecule has 0 bridgehead atoms. The zero-order valence-corrected chi connectivity index (χ0v) is 11.3. The lowest BCUT2D eigenvalue weighted by atomic mass is 10.1. The molecular formula is C13H19ClN2O2. The van der Waals surface area contributed by atoms with Gasteiger partial charge in [-0.1, -0.05) is 18.2 Å². The molecule has 1 heterocycles. The highest BCUT2D eigenvalue weighted by molar-refractivity contribution is 5.85. The number of hydrogen-bond donors (Lipinski definition) is 1. The van der Waals surface area contributed by atoms with Gasteiger partial charge in [0.15, 0.2) is 0 Å². The molecule has 2 rings (SSSR count). The average Bonchev–Trinajstić information content (AvgIpc) is 2.77. The van der Waals surface area contributed by atoms with E-state index in [0.29, 0.717) is 13.0 Å². The van der Waals surface area contributed by atoms with Crippen LogP contribution in [-0.2, 0) is 11.2 Å². The molecule has 0 aliphatic carbocycles. The Bertz CT molecular complexity index is 412. The number of ether oxygens (including phenoxy) is 1.